The molecule has 3 N–H and O–H groups in total. The molecule has 2 amide bonds. The number of aryl methyl sites for hydroxylation is 1. The summed E-state index contributed by atoms with van der Waals surface area (Å²) in [5.74, 6) is 0.456. The maximum absolute atomic E-state index is 13.7. The highest BCUT2D eigenvalue weighted by Gasteiger charge is 2.35. The minimum Gasteiger partial charge on any atom is -0.495 e. The zero-order valence-corrected chi connectivity index (χ0v) is 22.7. The number of aromatic nitrogens is 2. The van der Waals surface area contributed by atoms with Crippen molar-refractivity contribution < 1.29 is 14.3 Å². The van der Waals surface area contributed by atoms with Crippen molar-refractivity contribution in [1.82, 2.24) is 9.78 Å². The first-order chi connectivity index (χ1) is 18.4. The molecule has 5 rings (SSSR count). The van der Waals surface area contributed by atoms with Crippen LogP contribution in [0.2, 0.25) is 0 Å². The molecule has 1 aromatic heterocycles. The zero-order chi connectivity index (χ0) is 26.8. The van der Waals surface area contributed by atoms with Gasteiger partial charge in [-0.25, -0.2) is 4.68 Å². The van der Waals surface area contributed by atoms with Crippen LogP contribution in [0.15, 0.2) is 94.7 Å². The van der Waals surface area contributed by atoms with Gasteiger partial charge in [0.15, 0.2) is 0 Å². The number of anilines is 3. The van der Waals surface area contributed by atoms with E-state index in [1.54, 1.807) is 23.9 Å². The number of carbonyl (C=O) groups is 2. The first kappa shape index (κ1) is 25.3. The van der Waals surface area contributed by atoms with E-state index < -0.39 is 6.04 Å². The van der Waals surface area contributed by atoms with Gasteiger partial charge in [0.2, 0.25) is 0 Å². The highest BCUT2D eigenvalue weighted by atomic mass is 79.9. The number of halogens is 1. The van der Waals surface area contributed by atoms with Crippen molar-refractivity contribution in [3.8, 4) is 5.75 Å². The molecule has 1 atom stereocenters. The number of fused-ring (bicyclic) bond motifs is 1. The lowest BCUT2D eigenvalue weighted by molar-refractivity contribution is -0.113. The molecule has 0 spiro atoms. The van der Waals surface area contributed by atoms with E-state index in [1.807, 2.05) is 74.5 Å². The fourth-order valence-electron chi connectivity index (χ4n) is 4.44. The van der Waals surface area contributed by atoms with Gasteiger partial charge in [0, 0.05) is 15.9 Å². The van der Waals surface area contributed by atoms with Crippen molar-refractivity contribution in [3.63, 3.8) is 0 Å². The summed E-state index contributed by atoms with van der Waals surface area (Å²) >= 11 is 3.48. The highest BCUT2D eigenvalue weighted by Crippen LogP contribution is 2.38. The van der Waals surface area contributed by atoms with Crippen LogP contribution in [0.5, 0.6) is 5.75 Å². The molecule has 0 aliphatic carbocycles. The van der Waals surface area contributed by atoms with Crippen LogP contribution in [0.1, 0.15) is 34.5 Å². The minimum atomic E-state index is -0.574. The average molecular weight is 572 g/mol. The van der Waals surface area contributed by atoms with E-state index in [4.69, 9.17) is 4.74 Å². The smallest absolute Gasteiger partial charge is 0.261 e. The molecule has 38 heavy (non-hydrogen) atoms. The van der Waals surface area contributed by atoms with Gasteiger partial charge in [0.05, 0.1) is 24.6 Å². The molecule has 1 aliphatic rings. The number of carbonyl (C=O) groups excluding carboxylic acids is 2. The van der Waals surface area contributed by atoms with Crippen molar-refractivity contribution in [2.24, 2.45) is 0 Å². The van der Waals surface area contributed by atoms with Crippen molar-refractivity contribution in [1.29, 1.82) is 0 Å². The lowest BCUT2D eigenvalue weighted by Gasteiger charge is -2.30. The van der Waals surface area contributed by atoms with E-state index in [0.29, 0.717) is 39.8 Å². The number of hydrogen-bond acceptors (Lipinski definition) is 5. The monoisotopic (exact) mass is 571 g/mol. The number of ether oxygens (including phenoxy) is 1. The van der Waals surface area contributed by atoms with Crippen molar-refractivity contribution >= 4 is 44.9 Å². The quantitative estimate of drug-likeness (QED) is 0.258. The molecule has 0 bridgehead atoms. The Balaban J connectivity index is 1.54. The van der Waals surface area contributed by atoms with Gasteiger partial charge in [0.25, 0.3) is 11.8 Å². The first-order valence-electron chi connectivity index (χ1n) is 12.0. The number of benzene rings is 3. The summed E-state index contributed by atoms with van der Waals surface area (Å²) in [5.41, 5.74) is 4.64. The number of nitrogens with zero attached hydrogens (tertiary/aromatic N) is 2. The Kier molecular flexibility index (Phi) is 7.02. The summed E-state index contributed by atoms with van der Waals surface area (Å²) in [6.45, 7) is 3.81. The fourth-order valence-corrected chi connectivity index (χ4v) is 4.71. The van der Waals surface area contributed by atoms with Crippen LogP contribution in [0, 0.1) is 6.92 Å². The molecule has 3 aromatic carbocycles. The third kappa shape index (κ3) is 4.92. The largest absolute Gasteiger partial charge is 0.495 e. The molecular formula is C29H26BrN5O3. The molecule has 8 nitrogen and oxygen atoms in total. The average Bonchev–Trinajstić information content (AvgIpc) is 3.33. The molecule has 0 unspecified atom stereocenters. The van der Waals surface area contributed by atoms with Gasteiger partial charge in [-0.2, -0.15) is 5.10 Å². The number of nitrogens with one attached hydrogen (secondary N) is 3. The summed E-state index contributed by atoms with van der Waals surface area (Å²) in [7, 11) is 1.56. The second-order valence-electron chi connectivity index (χ2n) is 8.94. The van der Waals surface area contributed by atoms with Gasteiger partial charge < -0.3 is 20.7 Å². The summed E-state index contributed by atoms with van der Waals surface area (Å²) in [4.78, 5) is 27.0. The lowest BCUT2D eigenvalue weighted by Crippen LogP contribution is -2.32. The van der Waals surface area contributed by atoms with E-state index in [0.717, 1.165) is 15.6 Å². The summed E-state index contributed by atoms with van der Waals surface area (Å²) in [6.07, 6.45) is 1.52. The van der Waals surface area contributed by atoms with Gasteiger partial charge in [-0.05, 0) is 55.8 Å². The van der Waals surface area contributed by atoms with Crippen LogP contribution < -0.4 is 20.7 Å². The molecule has 9 heteroatoms. The molecular weight excluding hydrogens is 546 g/mol. The zero-order valence-electron chi connectivity index (χ0n) is 21.1. The molecule has 1 aliphatic heterocycles. The Morgan fingerprint density at radius 2 is 1.66 bits per heavy atom. The van der Waals surface area contributed by atoms with Crippen LogP contribution in [-0.2, 0) is 4.79 Å². The van der Waals surface area contributed by atoms with Gasteiger partial charge in [-0.3, -0.25) is 9.59 Å². The Morgan fingerprint density at radius 1 is 0.947 bits per heavy atom. The predicted molar refractivity (Wildman–Crippen MR) is 152 cm³/mol. The van der Waals surface area contributed by atoms with E-state index in [2.05, 4.69) is 37.0 Å². The van der Waals surface area contributed by atoms with E-state index in [9.17, 15) is 9.59 Å². The van der Waals surface area contributed by atoms with Crippen LogP contribution in [0.3, 0.4) is 0 Å². The summed E-state index contributed by atoms with van der Waals surface area (Å²) < 4.78 is 8.00. The standard InChI is InChI=1S/C29H26BrN5O3/c1-17-8-14-21(15-9-17)33-28(36)22-16-31-35-26(19-10-12-20(30)13-11-19)25(18(2)32-27(22)35)29(37)34-23-6-4-5-7-24(23)38-3/h4-16,26,32H,1-3H3,(H,33,36)(H,34,37)/t26-/m1/s1. The van der Waals surface area contributed by atoms with Crippen LogP contribution in [0.4, 0.5) is 17.2 Å². The molecule has 0 radical (unpaired) electrons. The Labute approximate surface area is 228 Å². The number of rotatable bonds is 6. The Hall–Kier alpha value is -4.37. The molecule has 0 saturated heterocycles. The van der Waals surface area contributed by atoms with Gasteiger partial charge in [-0.15, -0.1) is 0 Å². The van der Waals surface area contributed by atoms with Gasteiger partial charge in [0.1, 0.15) is 23.2 Å². The maximum Gasteiger partial charge on any atom is 0.261 e. The summed E-state index contributed by atoms with van der Waals surface area (Å²) in [5, 5.41) is 13.7. The number of hydrogen-bond donors (Lipinski definition) is 3. The molecule has 4 aromatic rings. The molecule has 192 valence electrons. The third-order valence-corrected chi connectivity index (χ3v) is 6.89. The molecule has 0 fully saturated rings. The van der Waals surface area contributed by atoms with E-state index in [-0.39, 0.29) is 11.8 Å². The topological polar surface area (TPSA) is 97.3 Å². The van der Waals surface area contributed by atoms with Gasteiger partial charge in [-0.1, -0.05) is 57.9 Å². The predicted octanol–water partition coefficient (Wildman–Crippen LogP) is 6.14. The van der Waals surface area contributed by atoms with Crippen molar-refractivity contribution in [2.75, 3.05) is 23.1 Å². The second-order valence-corrected chi connectivity index (χ2v) is 9.86. The molecule has 0 saturated carbocycles. The molecule has 2 heterocycles. The lowest BCUT2D eigenvalue weighted by atomic mass is 9.94. The SMILES string of the molecule is COc1ccccc1NC(=O)C1=C(C)Nc2c(C(=O)Nc3ccc(C)cc3)cnn2[C@@H]1c1ccc(Br)cc1. The van der Waals surface area contributed by atoms with E-state index in [1.165, 1.54) is 6.20 Å². The van der Waals surface area contributed by atoms with Crippen LogP contribution in [-0.4, -0.2) is 28.7 Å². The number of para-hydroxylation sites is 2. The van der Waals surface area contributed by atoms with Crippen LogP contribution >= 0.6 is 15.9 Å². The number of methoxy groups -OCH3 is 1. The fraction of sp³-hybridized carbons (Fsp3) is 0.138. The number of amides is 2. The first-order valence-corrected chi connectivity index (χ1v) is 12.8. The van der Waals surface area contributed by atoms with Crippen molar-refractivity contribution in [3.05, 3.63) is 111 Å². The normalized spacial score (nSPS) is 14.4. The minimum absolute atomic E-state index is 0.299. The number of allylic oxidation sites excluding steroid dienone is 1. The summed E-state index contributed by atoms with van der Waals surface area (Å²) in [6, 6.07) is 21.9. The van der Waals surface area contributed by atoms with Gasteiger partial charge >= 0.3 is 0 Å². The maximum atomic E-state index is 13.7. The Morgan fingerprint density at radius 3 is 2.37 bits per heavy atom. The Bertz CT molecular complexity index is 1540. The van der Waals surface area contributed by atoms with Crippen LogP contribution in [0.25, 0.3) is 0 Å². The third-order valence-electron chi connectivity index (χ3n) is 6.36. The second kappa shape index (κ2) is 10.5. The van der Waals surface area contributed by atoms with Crippen molar-refractivity contribution in [2.45, 2.75) is 19.9 Å². The highest BCUT2D eigenvalue weighted by molar-refractivity contribution is 9.10. The van der Waals surface area contributed by atoms with E-state index >= 15 is 0 Å².